The Hall–Kier alpha value is -0.610. The number of nitrogens with zero attached hydrogens (tertiary/aromatic N) is 2. The number of hydrogen-bond donors (Lipinski definition) is 1. The van der Waals surface area contributed by atoms with E-state index in [1.165, 1.54) is 10.6 Å². The molecule has 0 aliphatic heterocycles. The van der Waals surface area contributed by atoms with Crippen molar-refractivity contribution in [3.8, 4) is 0 Å². The highest BCUT2D eigenvalue weighted by atomic mass is 32.1. The predicted molar refractivity (Wildman–Crippen MR) is 90.9 cm³/mol. The highest BCUT2D eigenvalue weighted by molar-refractivity contribution is 7.15. The van der Waals surface area contributed by atoms with Gasteiger partial charge in [-0.05, 0) is 31.7 Å². The van der Waals surface area contributed by atoms with Crippen LogP contribution >= 0.6 is 11.3 Å². The van der Waals surface area contributed by atoms with Crippen LogP contribution in [-0.2, 0) is 6.54 Å². The molecule has 0 aromatic carbocycles. The minimum atomic E-state index is 0.512. The van der Waals surface area contributed by atoms with Gasteiger partial charge in [-0.2, -0.15) is 0 Å². The van der Waals surface area contributed by atoms with Crippen LogP contribution < -0.4 is 10.2 Å². The highest BCUT2D eigenvalue weighted by Gasteiger charge is 2.21. The van der Waals surface area contributed by atoms with Gasteiger partial charge in [0, 0.05) is 24.5 Å². The zero-order valence-corrected chi connectivity index (χ0v) is 15.0. The van der Waals surface area contributed by atoms with E-state index in [4.69, 9.17) is 4.98 Å². The fourth-order valence-corrected chi connectivity index (χ4v) is 3.27. The molecule has 0 saturated heterocycles. The molecule has 0 amide bonds. The standard InChI is InChI=1S/C16H31N3S/c1-8-12(5)15-14(10-17-9-2)20-16(18-15)19(7)13(6)11(3)4/h11-13,17H,8-10H2,1-7H3. The lowest BCUT2D eigenvalue weighted by molar-refractivity contribution is 0.504. The Kier molecular flexibility index (Phi) is 6.96. The van der Waals surface area contributed by atoms with Gasteiger partial charge in [0.05, 0.1) is 5.69 Å². The highest BCUT2D eigenvalue weighted by Crippen LogP contribution is 2.33. The van der Waals surface area contributed by atoms with Gasteiger partial charge in [-0.1, -0.05) is 34.6 Å². The molecule has 116 valence electrons. The lowest BCUT2D eigenvalue weighted by Gasteiger charge is -2.27. The summed E-state index contributed by atoms with van der Waals surface area (Å²) in [6, 6.07) is 0.512. The lowest BCUT2D eigenvalue weighted by atomic mass is 10.0. The minimum absolute atomic E-state index is 0.512. The van der Waals surface area contributed by atoms with Crippen molar-refractivity contribution in [3.63, 3.8) is 0 Å². The largest absolute Gasteiger partial charge is 0.348 e. The molecule has 2 atom stereocenters. The maximum absolute atomic E-state index is 4.94. The van der Waals surface area contributed by atoms with E-state index >= 15 is 0 Å². The molecule has 0 spiro atoms. The minimum Gasteiger partial charge on any atom is -0.348 e. The van der Waals surface area contributed by atoms with E-state index in [0.717, 1.165) is 24.6 Å². The Morgan fingerprint density at radius 2 is 1.85 bits per heavy atom. The molecule has 0 radical (unpaired) electrons. The van der Waals surface area contributed by atoms with Crippen LogP contribution in [0.15, 0.2) is 0 Å². The van der Waals surface area contributed by atoms with Gasteiger partial charge in [-0.3, -0.25) is 0 Å². The molecule has 1 rings (SSSR count). The monoisotopic (exact) mass is 297 g/mol. The van der Waals surface area contributed by atoms with E-state index in [2.05, 4.69) is 58.8 Å². The van der Waals surface area contributed by atoms with Gasteiger partial charge < -0.3 is 10.2 Å². The molecule has 0 fully saturated rings. The smallest absolute Gasteiger partial charge is 0.185 e. The van der Waals surface area contributed by atoms with Gasteiger partial charge in [-0.15, -0.1) is 11.3 Å². The molecular weight excluding hydrogens is 266 g/mol. The molecule has 0 aliphatic rings. The summed E-state index contributed by atoms with van der Waals surface area (Å²) in [6.45, 7) is 15.4. The topological polar surface area (TPSA) is 28.2 Å². The summed E-state index contributed by atoms with van der Waals surface area (Å²) in [4.78, 5) is 8.67. The average molecular weight is 298 g/mol. The van der Waals surface area contributed by atoms with Crippen molar-refractivity contribution in [3.05, 3.63) is 10.6 Å². The third kappa shape index (κ3) is 4.19. The fourth-order valence-electron chi connectivity index (χ4n) is 2.07. The van der Waals surface area contributed by atoms with Crippen LogP contribution in [0.2, 0.25) is 0 Å². The first-order valence-electron chi connectivity index (χ1n) is 7.85. The van der Waals surface area contributed by atoms with E-state index in [1.807, 2.05) is 11.3 Å². The third-order valence-corrected chi connectivity index (χ3v) is 5.37. The van der Waals surface area contributed by atoms with E-state index < -0.39 is 0 Å². The molecule has 1 aromatic heterocycles. The first-order chi connectivity index (χ1) is 9.42. The van der Waals surface area contributed by atoms with Crippen LogP contribution in [0.4, 0.5) is 5.13 Å². The number of aromatic nitrogens is 1. The van der Waals surface area contributed by atoms with Crippen molar-refractivity contribution in [2.45, 2.75) is 66.5 Å². The maximum atomic E-state index is 4.94. The molecule has 1 heterocycles. The summed E-state index contributed by atoms with van der Waals surface area (Å²) in [5.74, 6) is 1.17. The van der Waals surface area contributed by atoms with Crippen molar-refractivity contribution < 1.29 is 0 Å². The van der Waals surface area contributed by atoms with Gasteiger partial charge in [0.25, 0.3) is 0 Å². The number of thiazole rings is 1. The molecule has 20 heavy (non-hydrogen) atoms. The van der Waals surface area contributed by atoms with Crippen molar-refractivity contribution in [1.29, 1.82) is 0 Å². The van der Waals surface area contributed by atoms with Gasteiger partial charge in [-0.25, -0.2) is 4.98 Å². The number of anilines is 1. The van der Waals surface area contributed by atoms with Crippen molar-refractivity contribution in [2.24, 2.45) is 5.92 Å². The molecule has 1 N–H and O–H groups in total. The zero-order valence-electron chi connectivity index (χ0n) is 14.2. The maximum Gasteiger partial charge on any atom is 0.185 e. The van der Waals surface area contributed by atoms with Crippen molar-refractivity contribution in [2.75, 3.05) is 18.5 Å². The molecule has 2 unspecified atom stereocenters. The Morgan fingerprint density at radius 1 is 1.20 bits per heavy atom. The third-order valence-electron chi connectivity index (χ3n) is 4.21. The van der Waals surface area contributed by atoms with Gasteiger partial charge in [0.2, 0.25) is 0 Å². The molecule has 4 heteroatoms. The lowest BCUT2D eigenvalue weighted by Crippen LogP contribution is -2.33. The average Bonchev–Trinajstić information content (AvgIpc) is 2.86. The molecule has 3 nitrogen and oxygen atoms in total. The molecule has 0 aliphatic carbocycles. The summed E-state index contributed by atoms with van der Waals surface area (Å²) in [7, 11) is 2.17. The Balaban J connectivity index is 3.00. The second-order valence-electron chi connectivity index (χ2n) is 5.99. The van der Waals surface area contributed by atoms with E-state index in [0.29, 0.717) is 17.9 Å². The quantitative estimate of drug-likeness (QED) is 0.777. The summed E-state index contributed by atoms with van der Waals surface area (Å²) in [5, 5.41) is 4.60. The molecule has 0 saturated carbocycles. The van der Waals surface area contributed by atoms with Crippen LogP contribution in [0.3, 0.4) is 0 Å². The normalized spacial score (nSPS) is 14.6. The van der Waals surface area contributed by atoms with E-state index in [1.54, 1.807) is 0 Å². The van der Waals surface area contributed by atoms with Crippen LogP contribution in [-0.4, -0.2) is 24.6 Å². The first kappa shape index (κ1) is 17.4. The van der Waals surface area contributed by atoms with Crippen LogP contribution in [0.25, 0.3) is 0 Å². The summed E-state index contributed by atoms with van der Waals surface area (Å²) >= 11 is 1.85. The van der Waals surface area contributed by atoms with Crippen molar-refractivity contribution in [1.82, 2.24) is 10.3 Å². The fraction of sp³-hybridized carbons (Fsp3) is 0.812. The second-order valence-corrected chi connectivity index (χ2v) is 7.05. The summed E-state index contributed by atoms with van der Waals surface area (Å²) in [5.41, 5.74) is 1.29. The summed E-state index contributed by atoms with van der Waals surface area (Å²) < 4.78 is 0. The molecule has 0 bridgehead atoms. The number of rotatable bonds is 8. The molecule has 1 aromatic rings. The predicted octanol–water partition coefficient (Wildman–Crippen LogP) is 4.25. The van der Waals surface area contributed by atoms with Gasteiger partial charge >= 0.3 is 0 Å². The zero-order chi connectivity index (χ0) is 15.3. The summed E-state index contributed by atoms with van der Waals surface area (Å²) in [6.07, 6.45) is 1.14. The van der Waals surface area contributed by atoms with E-state index in [9.17, 15) is 0 Å². The van der Waals surface area contributed by atoms with Crippen molar-refractivity contribution >= 4 is 16.5 Å². The van der Waals surface area contributed by atoms with Crippen LogP contribution in [0, 0.1) is 5.92 Å². The Morgan fingerprint density at radius 3 is 2.35 bits per heavy atom. The van der Waals surface area contributed by atoms with Crippen LogP contribution in [0.5, 0.6) is 0 Å². The van der Waals surface area contributed by atoms with E-state index in [-0.39, 0.29) is 0 Å². The van der Waals surface area contributed by atoms with Crippen LogP contribution in [0.1, 0.15) is 64.5 Å². The number of nitrogens with one attached hydrogen (secondary N) is 1. The first-order valence-corrected chi connectivity index (χ1v) is 8.67. The van der Waals surface area contributed by atoms with Gasteiger partial charge in [0.15, 0.2) is 5.13 Å². The Bertz CT molecular complexity index is 400. The number of hydrogen-bond acceptors (Lipinski definition) is 4. The molecular formula is C16H31N3S. The SMILES string of the molecule is CCNCc1sc(N(C)C(C)C(C)C)nc1C(C)CC. The van der Waals surface area contributed by atoms with Gasteiger partial charge in [0.1, 0.15) is 0 Å². The Labute approximate surface area is 128 Å². The second kappa shape index (κ2) is 7.99.